The quantitative estimate of drug-likeness (QED) is 0.504. The average Bonchev–Trinajstić information content (AvgIpc) is 3.33. The molecule has 4 rings (SSSR count). The van der Waals surface area contributed by atoms with Crippen LogP contribution < -0.4 is 0 Å². The van der Waals surface area contributed by atoms with Crippen LogP contribution in [0.5, 0.6) is 0 Å². The Kier molecular flexibility index (Phi) is 4.25. The summed E-state index contributed by atoms with van der Waals surface area (Å²) in [5.41, 5.74) is 3.21. The normalized spacial score (nSPS) is 11.2. The van der Waals surface area contributed by atoms with E-state index in [1.807, 2.05) is 90.2 Å². The standard InChI is InChI=1S/C21H18N4/c1-3-9-18(10-4-1)15-22-16-19-17-23-25(20-11-5-2-6-12-20)21(19)24-13-7-8-14-24/h1-15,17H,16H2. The second kappa shape index (κ2) is 7.01. The lowest BCUT2D eigenvalue weighted by molar-refractivity contribution is 0.818. The van der Waals surface area contributed by atoms with E-state index in [1.54, 1.807) is 0 Å². The summed E-state index contributed by atoms with van der Waals surface area (Å²) in [5.74, 6) is 1.02. The van der Waals surface area contributed by atoms with Gasteiger partial charge in [0.25, 0.3) is 0 Å². The molecule has 0 radical (unpaired) electrons. The molecule has 122 valence electrons. The lowest BCUT2D eigenvalue weighted by atomic mass is 10.2. The molecule has 0 amide bonds. The van der Waals surface area contributed by atoms with Crippen molar-refractivity contribution in [2.24, 2.45) is 4.99 Å². The molecule has 2 heterocycles. The van der Waals surface area contributed by atoms with Gasteiger partial charge in [-0.2, -0.15) is 5.10 Å². The van der Waals surface area contributed by atoms with Crippen LogP contribution in [-0.2, 0) is 6.54 Å². The Labute approximate surface area is 146 Å². The summed E-state index contributed by atoms with van der Waals surface area (Å²) in [6.45, 7) is 0.579. The molecule has 0 spiro atoms. The second-order valence-corrected chi connectivity index (χ2v) is 5.71. The maximum Gasteiger partial charge on any atom is 0.145 e. The van der Waals surface area contributed by atoms with Crippen molar-refractivity contribution >= 4 is 6.21 Å². The van der Waals surface area contributed by atoms with Gasteiger partial charge < -0.3 is 4.57 Å². The largest absolute Gasteiger partial charge is 0.308 e. The zero-order valence-corrected chi connectivity index (χ0v) is 13.7. The first-order valence-electron chi connectivity index (χ1n) is 8.22. The summed E-state index contributed by atoms with van der Waals surface area (Å²) < 4.78 is 4.03. The van der Waals surface area contributed by atoms with Crippen molar-refractivity contribution in [1.29, 1.82) is 0 Å². The molecule has 4 aromatic rings. The average molecular weight is 326 g/mol. The van der Waals surface area contributed by atoms with Gasteiger partial charge in [0.1, 0.15) is 5.82 Å². The highest BCUT2D eigenvalue weighted by molar-refractivity contribution is 5.79. The minimum atomic E-state index is 0.579. The van der Waals surface area contributed by atoms with Crippen LogP contribution in [0.4, 0.5) is 0 Å². The number of aliphatic imine (C=N–C) groups is 1. The Hall–Kier alpha value is -3.40. The molecule has 0 N–H and O–H groups in total. The van der Waals surface area contributed by atoms with Gasteiger partial charge in [-0.3, -0.25) is 4.99 Å². The Morgan fingerprint density at radius 2 is 1.52 bits per heavy atom. The number of para-hydroxylation sites is 1. The molecule has 0 fully saturated rings. The predicted octanol–water partition coefficient (Wildman–Crippen LogP) is 4.28. The summed E-state index contributed by atoms with van der Waals surface area (Å²) in [6, 6.07) is 24.3. The van der Waals surface area contributed by atoms with Crippen molar-refractivity contribution in [2.45, 2.75) is 6.54 Å². The van der Waals surface area contributed by atoms with Crippen molar-refractivity contribution in [1.82, 2.24) is 14.3 Å². The van der Waals surface area contributed by atoms with E-state index in [4.69, 9.17) is 0 Å². The van der Waals surface area contributed by atoms with Crippen molar-refractivity contribution in [3.8, 4) is 11.5 Å². The first-order chi connectivity index (χ1) is 12.4. The van der Waals surface area contributed by atoms with Crippen molar-refractivity contribution in [3.05, 3.63) is 103 Å². The molecule has 0 aliphatic heterocycles. The number of nitrogens with zero attached hydrogens (tertiary/aromatic N) is 4. The maximum atomic E-state index is 4.60. The number of hydrogen-bond acceptors (Lipinski definition) is 2. The van der Waals surface area contributed by atoms with E-state index in [2.05, 4.69) is 26.8 Å². The fourth-order valence-corrected chi connectivity index (χ4v) is 2.78. The molecule has 2 aromatic heterocycles. The highest BCUT2D eigenvalue weighted by Gasteiger charge is 2.13. The lowest BCUT2D eigenvalue weighted by Crippen LogP contribution is -2.05. The van der Waals surface area contributed by atoms with Gasteiger partial charge in [0.2, 0.25) is 0 Å². The fourth-order valence-electron chi connectivity index (χ4n) is 2.78. The Morgan fingerprint density at radius 3 is 2.24 bits per heavy atom. The van der Waals surface area contributed by atoms with E-state index >= 15 is 0 Å². The van der Waals surface area contributed by atoms with Crippen LogP contribution in [0, 0.1) is 0 Å². The molecule has 0 aliphatic rings. The van der Waals surface area contributed by atoms with Crippen LogP contribution >= 0.6 is 0 Å². The molecule has 0 bridgehead atoms. The first-order valence-corrected chi connectivity index (χ1v) is 8.22. The summed E-state index contributed by atoms with van der Waals surface area (Å²) in [5, 5.41) is 4.59. The topological polar surface area (TPSA) is 35.1 Å². The van der Waals surface area contributed by atoms with Gasteiger partial charge in [0.15, 0.2) is 0 Å². The third-order valence-corrected chi connectivity index (χ3v) is 3.97. The molecular formula is C21H18N4. The van der Waals surface area contributed by atoms with Gasteiger partial charge in [-0.25, -0.2) is 4.68 Å². The Bertz CT molecular complexity index is 952. The molecule has 0 saturated heterocycles. The minimum absolute atomic E-state index is 0.579. The molecule has 0 aliphatic carbocycles. The molecule has 2 aromatic carbocycles. The first kappa shape index (κ1) is 15.1. The maximum absolute atomic E-state index is 4.60. The van der Waals surface area contributed by atoms with Gasteiger partial charge in [0, 0.05) is 24.2 Å². The molecule has 0 atom stereocenters. The van der Waals surface area contributed by atoms with Crippen LogP contribution in [0.2, 0.25) is 0 Å². The van der Waals surface area contributed by atoms with Gasteiger partial charge in [-0.15, -0.1) is 0 Å². The van der Waals surface area contributed by atoms with E-state index in [1.165, 1.54) is 0 Å². The van der Waals surface area contributed by atoms with Crippen LogP contribution in [0.1, 0.15) is 11.1 Å². The van der Waals surface area contributed by atoms with Gasteiger partial charge in [-0.1, -0.05) is 48.5 Å². The molecular weight excluding hydrogens is 308 g/mol. The Balaban J connectivity index is 1.69. The van der Waals surface area contributed by atoms with Gasteiger partial charge >= 0.3 is 0 Å². The number of benzene rings is 2. The SMILES string of the molecule is C(=NCc1cnn(-c2ccccc2)c1-n1cccc1)c1ccccc1. The van der Waals surface area contributed by atoms with E-state index in [0.717, 1.165) is 22.6 Å². The monoisotopic (exact) mass is 326 g/mol. The van der Waals surface area contributed by atoms with Gasteiger partial charge in [-0.05, 0) is 29.8 Å². The third kappa shape index (κ3) is 3.28. The Morgan fingerprint density at radius 1 is 0.840 bits per heavy atom. The fraction of sp³-hybridized carbons (Fsp3) is 0.0476. The zero-order valence-electron chi connectivity index (χ0n) is 13.7. The van der Waals surface area contributed by atoms with E-state index in [9.17, 15) is 0 Å². The smallest absolute Gasteiger partial charge is 0.145 e. The highest BCUT2D eigenvalue weighted by Crippen LogP contribution is 2.20. The molecule has 4 heteroatoms. The van der Waals surface area contributed by atoms with Crippen LogP contribution in [0.3, 0.4) is 0 Å². The third-order valence-electron chi connectivity index (χ3n) is 3.97. The second-order valence-electron chi connectivity index (χ2n) is 5.71. The molecule has 0 saturated carbocycles. The van der Waals surface area contributed by atoms with Crippen molar-refractivity contribution < 1.29 is 0 Å². The van der Waals surface area contributed by atoms with Gasteiger partial charge in [0.05, 0.1) is 18.4 Å². The summed E-state index contributed by atoms with van der Waals surface area (Å²) >= 11 is 0. The van der Waals surface area contributed by atoms with Crippen LogP contribution in [-0.4, -0.2) is 20.6 Å². The van der Waals surface area contributed by atoms with E-state index in [-0.39, 0.29) is 0 Å². The summed E-state index contributed by atoms with van der Waals surface area (Å²) in [4.78, 5) is 4.60. The summed E-state index contributed by atoms with van der Waals surface area (Å²) in [6.07, 6.45) is 7.85. The number of aromatic nitrogens is 3. The summed E-state index contributed by atoms with van der Waals surface area (Å²) in [7, 11) is 0. The zero-order chi connectivity index (χ0) is 16.9. The minimum Gasteiger partial charge on any atom is -0.308 e. The van der Waals surface area contributed by atoms with E-state index < -0.39 is 0 Å². The predicted molar refractivity (Wildman–Crippen MR) is 101 cm³/mol. The van der Waals surface area contributed by atoms with Crippen molar-refractivity contribution in [2.75, 3.05) is 0 Å². The lowest BCUT2D eigenvalue weighted by Gasteiger charge is -2.10. The molecule has 4 nitrogen and oxygen atoms in total. The number of rotatable bonds is 5. The molecule has 25 heavy (non-hydrogen) atoms. The highest BCUT2D eigenvalue weighted by atomic mass is 15.3. The molecule has 0 unspecified atom stereocenters. The van der Waals surface area contributed by atoms with Crippen LogP contribution in [0.25, 0.3) is 11.5 Å². The van der Waals surface area contributed by atoms with E-state index in [0.29, 0.717) is 6.54 Å². The van der Waals surface area contributed by atoms with Crippen molar-refractivity contribution in [3.63, 3.8) is 0 Å². The number of hydrogen-bond donors (Lipinski definition) is 0. The van der Waals surface area contributed by atoms with Crippen LogP contribution in [0.15, 0.2) is 96.4 Å².